The van der Waals surface area contributed by atoms with Gasteiger partial charge in [0.25, 0.3) is 0 Å². The molecule has 3 nitrogen and oxygen atoms in total. The number of hydrogen-bond acceptors (Lipinski definition) is 2. The highest BCUT2D eigenvalue weighted by Gasteiger charge is 2.10. The molecule has 0 saturated heterocycles. The molecule has 0 heterocycles. The molecule has 0 spiro atoms. The third kappa shape index (κ3) is 22.5. The smallest absolute Gasteiger partial charge is 0.324 e. The van der Waals surface area contributed by atoms with E-state index in [4.69, 9.17) is 9.79 Å². The number of rotatable bonds is 18. The van der Waals surface area contributed by atoms with E-state index in [0.29, 0.717) is 6.42 Å². The third-order valence-electron chi connectivity index (χ3n) is 4.13. The molecule has 0 amide bonds. The Morgan fingerprint density at radius 2 is 1.04 bits per heavy atom. The van der Waals surface area contributed by atoms with Crippen LogP contribution in [0.15, 0.2) is 0 Å². The summed E-state index contributed by atoms with van der Waals surface area (Å²) in [7, 11) is -3.77. The van der Waals surface area contributed by atoms with E-state index in [1.165, 1.54) is 83.5 Å². The van der Waals surface area contributed by atoms with E-state index in [2.05, 4.69) is 6.92 Å². The van der Waals surface area contributed by atoms with Crippen LogP contribution in [0.4, 0.5) is 0 Å². The van der Waals surface area contributed by atoms with Crippen LogP contribution >= 0.6 is 19.4 Å². The highest BCUT2D eigenvalue weighted by Crippen LogP contribution is 2.35. The van der Waals surface area contributed by atoms with Gasteiger partial charge in [0.05, 0.1) is 6.16 Å². The first-order valence-corrected chi connectivity index (χ1v) is 12.6. The zero-order chi connectivity index (χ0) is 17.2. The Morgan fingerprint density at radius 3 is 1.48 bits per heavy atom. The van der Waals surface area contributed by atoms with E-state index < -0.39 is 7.60 Å². The fourth-order valence-corrected chi connectivity index (χ4v) is 4.44. The van der Waals surface area contributed by atoms with Gasteiger partial charge < -0.3 is 9.79 Å². The highest BCUT2D eigenvalue weighted by atomic mass is 32.2. The zero-order valence-corrected chi connectivity index (χ0v) is 16.9. The molecule has 5 heteroatoms. The fraction of sp³-hybridized carbons (Fsp3) is 1.00. The van der Waals surface area contributed by atoms with Crippen LogP contribution in [0, 0.1) is 0 Å². The van der Waals surface area contributed by atoms with Crippen molar-refractivity contribution in [1.29, 1.82) is 0 Å². The molecule has 0 aromatic heterocycles. The minimum atomic E-state index is -3.77. The number of unbranched alkanes of at least 4 members (excludes halogenated alkanes) is 12. The van der Waals surface area contributed by atoms with Gasteiger partial charge >= 0.3 is 7.60 Å². The van der Waals surface area contributed by atoms with Crippen LogP contribution in [0.1, 0.15) is 96.8 Å². The van der Waals surface area contributed by atoms with Gasteiger partial charge in [0.1, 0.15) is 0 Å². The van der Waals surface area contributed by atoms with Crippen LogP contribution in [0.3, 0.4) is 0 Å². The predicted molar refractivity (Wildman–Crippen MR) is 105 cm³/mol. The largest absolute Gasteiger partial charge is 0.325 e. The quantitative estimate of drug-likeness (QED) is 0.218. The molecule has 0 aromatic carbocycles. The van der Waals surface area contributed by atoms with E-state index in [-0.39, 0.29) is 6.16 Å². The van der Waals surface area contributed by atoms with Crippen molar-refractivity contribution in [1.82, 2.24) is 0 Å². The predicted octanol–water partition coefficient (Wildman–Crippen LogP) is 6.38. The Bertz CT molecular complexity index is 281. The van der Waals surface area contributed by atoms with Crippen LogP contribution in [0.5, 0.6) is 0 Å². The van der Waals surface area contributed by atoms with E-state index in [9.17, 15) is 4.57 Å². The van der Waals surface area contributed by atoms with Gasteiger partial charge in [-0.1, -0.05) is 84.0 Å². The lowest BCUT2D eigenvalue weighted by molar-refractivity contribution is 0.372. The van der Waals surface area contributed by atoms with E-state index >= 15 is 0 Å². The summed E-state index contributed by atoms with van der Waals surface area (Å²) in [5.74, 6) is 2.02. The number of thioether (sulfide) groups is 1. The van der Waals surface area contributed by atoms with Gasteiger partial charge in [-0.15, -0.1) is 0 Å². The van der Waals surface area contributed by atoms with E-state index in [0.717, 1.165) is 11.5 Å². The van der Waals surface area contributed by atoms with Crippen LogP contribution in [0.25, 0.3) is 0 Å². The monoisotopic (exact) mass is 366 g/mol. The lowest BCUT2D eigenvalue weighted by Gasteiger charge is -2.04. The summed E-state index contributed by atoms with van der Waals surface area (Å²) in [5, 5.41) is 0. The first kappa shape index (κ1) is 23.5. The lowest BCUT2D eigenvalue weighted by atomic mass is 10.1. The summed E-state index contributed by atoms with van der Waals surface area (Å²) in [4.78, 5) is 17.5. The molecule has 0 bridgehead atoms. The SMILES string of the molecule is CCCCCCCCCCCCCCCSCCCP(=O)(O)O. The number of hydrogen-bond donors (Lipinski definition) is 2. The van der Waals surface area contributed by atoms with Gasteiger partial charge in [-0.05, 0) is 24.3 Å². The van der Waals surface area contributed by atoms with Gasteiger partial charge in [-0.3, -0.25) is 4.57 Å². The Kier molecular flexibility index (Phi) is 17.7. The molecule has 2 N–H and O–H groups in total. The average Bonchev–Trinajstić information content (AvgIpc) is 2.49. The van der Waals surface area contributed by atoms with Crippen LogP contribution < -0.4 is 0 Å². The maximum absolute atomic E-state index is 10.7. The van der Waals surface area contributed by atoms with Gasteiger partial charge in [0, 0.05) is 0 Å². The second-order valence-corrected chi connectivity index (χ2v) is 9.60. The zero-order valence-electron chi connectivity index (χ0n) is 15.2. The van der Waals surface area contributed by atoms with Crippen LogP contribution in [-0.2, 0) is 4.57 Å². The first-order valence-electron chi connectivity index (χ1n) is 9.68. The molecular formula is C18H39O3PS. The molecule has 0 unspecified atom stereocenters. The van der Waals surface area contributed by atoms with Crippen molar-refractivity contribution in [3.63, 3.8) is 0 Å². The van der Waals surface area contributed by atoms with Crippen molar-refractivity contribution in [2.75, 3.05) is 17.7 Å². The minimum absolute atomic E-state index is 0.0403. The third-order valence-corrected chi connectivity index (χ3v) is 6.18. The Balaban J connectivity index is 3.01. The summed E-state index contributed by atoms with van der Waals surface area (Å²) in [6, 6.07) is 0. The van der Waals surface area contributed by atoms with Crippen molar-refractivity contribution in [3.05, 3.63) is 0 Å². The van der Waals surface area contributed by atoms with Crippen LogP contribution in [0.2, 0.25) is 0 Å². The second-order valence-electron chi connectivity index (χ2n) is 6.60. The topological polar surface area (TPSA) is 57.5 Å². The van der Waals surface area contributed by atoms with Crippen LogP contribution in [-0.4, -0.2) is 27.5 Å². The fourth-order valence-electron chi connectivity index (χ4n) is 2.70. The average molecular weight is 367 g/mol. The molecule has 0 radical (unpaired) electrons. The van der Waals surface area contributed by atoms with Gasteiger partial charge in [-0.2, -0.15) is 11.8 Å². The molecule has 0 aliphatic heterocycles. The van der Waals surface area contributed by atoms with Gasteiger partial charge in [-0.25, -0.2) is 0 Å². The maximum Gasteiger partial charge on any atom is 0.325 e. The Morgan fingerprint density at radius 1 is 0.652 bits per heavy atom. The Labute approximate surface area is 148 Å². The molecular weight excluding hydrogens is 327 g/mol. The first-order chi connectivity index (χ1) is 11.1. The van der Waals surface area contributed by atoms with Crippen molar-refractivity contribution in [3.8, 4) is 0 Å². The van der Waals surface area contributed by atoms with Crippen molar-refractivity contribution in [2.24, 2.45) is 0 Å². The molecule has 0 aliphatic carbocycles. The summed E-state index contributed by atoms with van der Waals surface area (Å²) >= 11 is 1.83. The summed E-state index contributed by atoms with van der Waals surface area (Å²) < 4.78 is 10.7. The van der Waals surface area contributed by atoms with E-state index in [1.54, 1.807) is 0 Å². The Hall–Kier alpha value is 0.500. The van der Waals surface area contributed by atoms with Gasteiger partial charge in [0.15, 0.2) is 0 Å². The summed E-state index contributed by atoms with van der Waals surface area (Å²) in [6.45, 7) is 2.27. The summed E-state index contributed by atoms with van der Waals surface area (Å²) in [6.07, 6.45) is 18.6. The van der Waals surface area contributed by atoms with E-state index in [1.807, 2.05) is 11.8 Å². The summed E-state index contributed by atoms with van der Waals surface area (Å²) in [5.41, 5.74) is 0. The van der Waals surface area contributed by atoms with Crippen molar-refractivity contribution < 1.29 is 14.4 Å². The van der Waals surface area contributed by atoms with Crippen molar-refractivity contribution in [2.45, 2.75) is 96.8 Å². The molecule has 0 atom stereocenters. The molecule has 23 heavy (non-hydrogen) atoms. The minimum Gasteiger partial charge on any atom is -0.324 e. The molecule has 0 rings (SSSR count). The normalized spacial score (nSPS) is 12.0. The highest BCUT2D eigenvalue weighted by molar-refractivity contribution is 7.99. The molecule has 0 fully saturated rings. The molecule has 0 saturated carbocycles. The molecule has 0 aliphatic rings. The lowest BCUT2D eigenvalue weighted by Crippen LogP contribution is -1.91. The molecule has 0 aromatic rings. The molecule has 140 valence electrons. The van der Waals surface area contributed by atoms with Gasteiger partial charge in [0.2, 0.25) is 0 Å². The van der Waals surface area contributed by atoms with Crippen molar-refractivity contribution >= 4 is 19.4 Å². The standard InChI is InChI=1S/C18H39O3PS/c1-2-3-4-5-6-7-8-9-10-11-12-13-14-17-23-18-15-16-22(19,20)21/h2-18H2,1H3,(H2,19,20,21). The second kappa shape index (κ2) is 17.3. The maximum atomic E-state index is 10.7.